The Morgan fingerprint density at radius 2 is 0.845 bits per heavy atom. The van der Waals surface area contributed by atoms with E-state index >= 15 is 0 Å². The van der Waals surface area contributed by atoms with E-state index in [1.54, 1.807) is 0 Å². The minimum atomic E-state index is -0.202. The van der Waals surface area contributed by atoms with Crippen LogP contribution in [0.25, 0.3) is 44.5 Å². The predicted molar refractivity (Wildman–Crippen MR) is 245 cm³/mol. The van der Waals surface area contributed by atoms with Crippen LogP contribution >= 0.6 is 0 Å². The summed E-state index contributed by atoms with van der Waals surface area (Å²) >= 11 is 0. The number of anilines is 3. The third-order valence-electron chi connectivity index (χ3n) is 14.9. The highest BCUT2D eigenvalue weighted by Crippen LogP contribution is 2.56. The molecule has 1 fully saturated rings. The predicted octanol–water partition coefficient (Wildman–Crippen LogP) is 15.8. The number of hydrogen-bond donors (Lipinski definition) is 0. The molecule has 0 radical (unpaired) electrons. The fourth-order valence-corrected chi connectivity index (χ4v) is 11.7. The molecule has 0 aliphatic heterocycles. The Hall–Kier alpha value is -5.66. The standard InChI is InChI=1S/C57H53N/c1-55(2)49-21-12-10-17-43(49)45-30-25-38(33-51(45)55)42-19-14-20-48-47-32-29-41(35-53(47)57(5,6)54(42)48)58(39-26-23-37(24-27-39)36-15-8-7-9-16-36)40-28-31-46-44-18-11-13-22-50(44)56(3,4)52(46)34-40/h10-14,17-36H,7-9,15-16H2,1-6H3. The normalized spacial score (nSPS) is 17.5. The van der Waals surface area contributed by atoms with Crippen molar-refractivity contribution >= 4 is 17.1 Å². The second kappa shape index (κ2) is 12.7. The fourth-order valence-electron chi connectivity index (χ4n) is 11.7. The molecule has 0 saturated heterocycles. The summed E-state index contributed by atoms with van der Waals surface area (Å²) in [6.45, 7) is 14.4. The average Bonchev–Trinajstić information content (AvgIpc) is 3.73. The van der Waals surface area contributed by atoms with E-state index < -0.39 is 0 Å². The van der Waals surface area contributed by atoms with Gasteiger partial charge in [0.2, 0.25) is 0 Å². The monoisotopic (exact) mass is 751 g/mol. The molecule has 0 N–H and O–H groups in total. The van der Waals surface area contributed by atoms with Crippen LogP contribution in [0.3, 0.4) is 0 Å². The molecule has 0 unspecified atom stereocenters. The highest BCUT2D eigenvalue weighted by atomic mass is 15.1. The van der Waals surface area contributed by atoms with Crippen molar-refractivity contribution in [2.24, 2.45) is 0 Å². The van der Waals surface area contributed by atoms with Gasteiger partial charge in [-0.05, 0) is 145 Å². The van der Waals surface area contributed by atoms with Crippen molar-refractivity contribution in [3.05, 3.63) is 185 Å². The largest absolute Gasteiger partial charge is 0.310 e. The van der Waals surface area contributed by atoms with Gasteiger partial charge in [-0.3, -0.25) is 0 Å². The quantitative estimate of drug-likeness (QED) is 0.169. The lowest BCUT2D eigenvalue weighted by atomic mass is 9.77. The number of rotatable bonds is 5. The third-order valence-corrected chi connectivity index (χ3v) is 14.9. The van der Waals surface area contributed by atoms with Gasteiger partial charge in [-0.25, -0.2) is 0 Å². The zero-order valence-electron chi connectivity index (χ0n) is 34.9. The van der Waals surface area contributed by atoms with Gasteiger partial charge in [-0.1, -0.05) is 164 Å². The summed E-state index contributed by atoms with van der Waals surface area (Å²) in [6, 6.07) is 56.2. The summed E-state index contributed by atoms with van der Waals surface area (Å²) in [5, 5.41) is 0. The van der Waals surface area contributed by atoms with Crippen LogP contribution in [0.2, 0.25) is 0 Å². The molecule has 4 aliphatic rings. The van der Waals surface area contributed by atoms with E-state index in [0.717, 1.165) is 0 Å². The fraction of sp³-hybridized carbons (Fsp3) is 0.263. The third kappa shape index (κ3) is 5.08. The molecule has 0 atom stereocenters. The first-order valence-electron chi connectivity index (χ1n) is 21.7. The van der Waals surface area contributed by atoms with Crippen LogP contribution in [0, 0.1) is 0 Å². The van der Waals surface area contributed by atoms with Crippen LogP contribution < -0.4 is 4.90 Å². The Labute approximate surface area is 345 Å². The van der Waals surface area contributed by atoms with Gasteiger partial charge in [-0.2, -0.15) is 0 Å². The van der Waals surface area contributed by atoms with Gasteiger partial charge in [0, 0.05) is 33.3 Å². The maximum absolute atomic E-state index is 2.52. The molecule has 0 amide bonds. The summed E-state index contributed by atoms with van der Waals surface area (Å²) in [5.74, 6) is 0.677. The van der Waals surface area contributed by atoms with Crippen LogP contribution in [0.15, 0.2) is 146 Å². The summed E-state index contributed by atoms with van der Waals surface area (Å²) < 4.78 is 0. The van der Waals surface area contributed by atoms with Crippen molar-refractivity contribution in [1.82, 2.24) is 0 Å². The first-order chi connectivity index (χ1) is 28.0. The Bertz CT molecular complexity index is 2790. The molecule has 286 valence electrons. The molecule has 11 rings (SSSR count). The second-order valence-corrected chi connectivity index (χ2v) is 19.2. The van der Waals surface area contributed by atoms with Crippen molar-refractivity contribution in [2.75, 3.05) is 4.90 Å². The molecule has 1 heteroatoms. The minimum Gasteiger partial charge on any atom is -0.310 e. The van der Waals surface area contributed by atoms with Crippen molar-refractivity contribution in [3.8, 4) is 44.5 Å². The molecule has 0 spiro atoms. The van der Waals surface area contributed by atoms with Crippen molar-refractivity contribution in [3.63, 3.8) is 0 Å². The van der Waals surface area contributed by atoms with Gasteiger partial charge in [0.05, 0.1) is 0 Å². The molecule has 7 aromatic rings. The van der Waals surface area contributed by atoms with Crippen LogP contribution in [0.5, 0.6) is 0 Å². The summed E-state index contributed by atoms with van der Waals surface area (Å²) in [4.78, 5) is 2.52. The van der Waals surface area contributed by atoms with Gasteiger partial charge >= 0.3 is 0 Å². The van der Waals surface area contributed by atoms with Gasteiger partial charge in [0.15, 0.2) is 0 Å². The first-order valence-corrected chi connectivity index (χ1v) is 21.7. The van der Waals surface area contributed by atoms with E-state index in [9.17, 15) is 0 Å². The highest BCUT2D eigenvalue weighted by molar-refractivity contribution is 5.92. The summed E-state index contributed by atoms with van der Waals surface area (Å²) in [6.07, 6.45) is 6.69. The SMILES string of the molecule is CC1(C)c2ccccc2-c2ccc(-c3cccc4c3C(C)(C)c3cc(N(c5ccc(C6CCCCC6)cc5)c5ccc6c(c5)C(C)(C)c5ccccc5-6)ccc3-4)cc21. The molecule has 4 aliphatic carbocycles. The Morgan fingerprint density at radius 1 is 0.379 bits per heavy atom. The molecule has 0 bridgehead atoms. The number of fused-ring (bicyclic) bond motifs is 9. The first kappa shape index (κ1) is 35.5. The van der Waals surface area contributed by atoms with Gasteiger partial charge in [0.1, 0.15) is 0 Å². The molecule has 1 saturated carbocycles. The highest BCUT2D eigenvalue weighted by Gasteiger charge is 2.40. The lowest BCUT2D eigenvalue weighted by Gasteiger charge is -2.30. The van der Waals surface area contributed by atoms with E-state index in [1.807, 2.05) is 0 Å². The van der Waals surface area contributed by atoms with Crippen molar-refractivity contribution in [1.29, 1.82) is 0 Å². The lowest BCUT2D eigenvalue weighted by Crippen LogP contribution is -2.18. The molecular weight excluding hydrogens is 699 g/mol. The van der Waals surface area contributed by atoms with Crippen LogP contribution in [0.1, 0.15) is 119 Å². The van der Waals surface area contributed by atoms with Crippen LogP contribution in [-0.2, 0) is 16.2 Å². The van der Waals surface area contributed by atoms with Crippen molar-refractivity contribution in [2.45, 2.75) is 95.8 Å². The molecule has 58 heavy (non-hydrogen) atoms. The zero-order valence-corrected chi connectivity index (χ0v) is 34.9. The smallest absolute Gasteiger partial charge is 0.0465 e. The van der Waals surface area contributed by atoms with Crippen LogP contribution in [-0.4, -0.2) is 0 Å². The Kier molecular flexibility index (Phi) is 7.75. The topological polar surface area (TPSA) is 3.24 Å². The number of hydrogen-bond acceptors (Lipinski definition) is 1. The Balaban J connectivity index is 1.03. The average molecular weight is 752 g/mol. The zero-order chi connectivity index (χ0) is 39.6. The van der Waals surface area contributed by atoms with Gasteiger partial charge in [-0.15, -0.1) is 0 Å². The lowest BCUT2D eigenvalue weighted by molar-refractivity contribution is 0.443. The number of benzene rings is 7. The van der Waals surface area contributed by atoms with E-state index in [2.05, 4.69) is 192 Å². The molecule has 7 aromatic carbocycles. The van der Waals surface area contributed by atoms with E-state index in [0.29, 0.717) is 5.92 Å². The molecule has 1 nitrogen and oxygen atoms in total. The maximum atomic E-state index is 2.52. The molecular formula is C57H53N. The number of nitrogens with zero attached hydrogens (tertiary/aromatic N) is 1. The van der Waals surface area contributed by atoms with E-state index in [1.165, 1.54) is 133 Å². The maximum Gasteiger partial charge on any atom is 0.0465 e. The summed E-state index contributed by atoms with van der Waals surface area (Å²) in [5.41, 5.74) is 24.1. The van der Waals surface area contributed by atoms with E-state index in [4.69, 9.17) is 0 Å². The minimum absolute atomic E-state index is 0.0408. The Morgan fingerprint density at radius 3 is 1.47 bits per heavy atom. The summed E-state index contributed by atoms with van der Waals surface area (Å²) in [7, 11) is 0. The van der Waals surface area contributed by atoms with Gasteiger partial charge < -0.3 is 4.90 Å². The molecule has 0 heterocycles. The van der Waals surface area contributed by atoms with Crippen LogP contribution in [0.4, 0.5) is 17.1 Å². The van der Waals surface area contributed by atoms with Crippen molar-refractivity contribution < 1.29 is 0 Å². The van der Waals surface area contributed by atoms with Gasteiger partial charge in [0.25, 0.3) is 0 Å². The second-order valence-electron chi connectivity index (χ2n) is 19.2. The van der Waals surface area contributed by atoms with E-state index in [-0.39, 0.29) is 16.2 Å². The molecule has 0 aromatic heterocycles.